The van der Waals surface area contributed by atoms with E-state index in [1.165, 1.54) is 5.56 Å². The molecule has 0 aromatic heterocycles. The van der Waals surface area contributed by atoms with Crippen molar-refractivity contribution in [3.05, 3.63) is 33.3 Å². The number of halogens is 3. The van der Waals surface area contributed by atoms with Gasteiger partial charge in [-0.15, -0.1) is 12.4 Å². The van der Waals surface area contributed by atoms with Gasteiger partial charge in [0.25, 0.3) is 0 Å². The monoisotopic (exact) mass is 311 g/mol. The van der Waals surface area contributed by atoms with Crippen LogP contribution < -0.4 is 5.32 Å². The van der Waals surface area contributed by atoms with E-state index in [0.29, 0.717) is 0 Å². The molecule has 2 nitrogen and oxygen atoms in total. The Morgan fingerprint density at radius 3 is 2.87 bits per heavy atom. The van der Waals surface area contributed by atoms with Crippen LogP contribution in [0.2, 0.25) is 5.02 Å². The number of hydrogen-bond acceptors (Lipinski definition) is 2. The summed E-state index contributed by atoms with van der Waals surface area (Å²) in [7, 11) is 0. The standard InChI is InChI=1S/C10H11BrClNO.ClH/c11-8-5-7(1-2-9(8)12)10-6-14-4-3-13-10;/h1-2,5,10,13H,3-4,6H2;1H/t10-;/m0./s1. The van der Waals surface area contributed by atoms with Crippen molar-refractivity contribution in [3.63, 3.8) is 0 Å². The predicted octanol–water partition coefficient (Wildman–Crippen LogP) is 3.19. The van der Waals surface area contributed by atoms with Gasteiger partial charge in [0.1, 0.15) is 0 Å². The minimum Gasteiger partial charge on any atom is -0.378 e. The summed E-state index contributed by atoms with van der Waals surface area (Å²) in [4.78, 5) is 0. The molecule has 0 aliphatic carbocycles. The van der Waals surface area contributed by atoms with E-state index in [9.17, 15) is 0 Å². The molecule has 1 aromatic rings. The lowest BCUT2D eigenvalue weighted by molar-refractivity contribution is 0.0769. The average molecular weight is 313 g/mol. The first-order chi connectivity index (χ1) is 6.77. The Balaban J connectivity index is 0.00000112. The third kappa shape index (κ3) is 3.33. The van der Waals surface area contributed by atoms with Crippen LogP contribution in [0.4, 0.5) is 0 Å². The van der Waals surface area contributed by atoms with Gasteiger partial charge in [0.2, 0.25) is 0 Å². The molecular formula is C10H12BrCl2NO. The third-order valence-corrected chi connectivity index (χ3v) is 3.48. The third-order valence-electron chi connectivity index (χ3n) is 2.27. The van der Waals surface area contributed by atoms with Gasteiger partial charge in [-0.1, -0.05) is 17.7 Å². The van der Waals surface area contributed by atoms with E-state index in [-0.39, 0.29) is 18.4 Å². The van der Waals surface area contributed by atoms with Gasteiger partial charge in [-0.3, -0.25) is 0 Å². The summed E-state index contributed by atoms with van der Waals surface area (Å²) in [6, 6.07) is 6.25. The van der Waals surface area contributed by atoms with E-state index in [2.05, 4.69) is 21.2 Å². The van der Waals surface area contributed by atoms with Crippen molar-refractivity contribution in [1.82, 2.24) is 5.32 Å². The summed E-state index contributed by atoms with van der Waals surface area (Å²) in [6.45, 7) is 2.43. The zero-order valence-corrected chi connectivity index (χ0v) is 11.2. The first-order valence-corrected chi connectivity index (χ1v) is 5.70. The minimum absolute atomic E-state index is 0. The van der Waals surface area contributed by atoms with Crippen molar-refractivity contribution in [2.75, 3.05) is 19.8 Å². The Morgan fingerprint density at radius 2 is 2.27 bits per heavy atom. The van der Waals surface area contributed by atoms with Gasteiger partial charge in [0.05, 0.1) is 24.3 Å². The first kappa shape index (κ1) is 13.3. The topological polar surface area (TPSA) is 21.3 Å². The molecule has 0 saturated carbocycles. The van der Waals surface area contributed by atoms with Crippen molar-refractivity contribution in [2.24, 2.45) is 0 Å². The van der Waals surface area contributed by atoms with Crippen molar-refractivity contribution < 1.29 is 4.74 Å². The molecule has 0 unspecified atom stereocenters. The van der Waals surface area contributed by atoms with Gasteiger partial charge in [-0.25, -0.2) is 0 Å². The van der Waals surface area contributed by atoms with E-state index in [1.54, 1.807) is 0 Å². The molecule has 1 aliphatic rings. The highest BCUT2D eigenvalue weighted by atomic mass is 79.9. The Morgan fingerprint density at radius 1 is 1.47 bits per heavy atom. The lowest BCUT2D eigenvalue weighted by Gasteiger charge is -2.24. The van der Waals surface area contributed by atoms with Crippen molar-refractivity contribution >= 4 is 39.9 Å². The first-order valence-electron chi connectivity index (χ1n) is 4.53. The second kappa shape index (κ2) is 6.06. The molecule has 2 rings (SSSR count). The van der Waals surface area contributed by atoms with E-state index >= 15 is 0 Å². The number of rotatable bonds is 1. The molecule has 0 bridgehead atoms. The van der Waals surface area contributed by atoms with Crippen LogP contribution in [0.3, 0.4) is 0 Å². The molecule has 15 heavy (non-hydrogen) atoms. The van der Waals surface area contributed by atoms with E-state index in [1.807, 2.05) is 18.2 Å². The molecule has 1 aliphatic heterocycles. The van der Waals surface area contributed by atoms with E-state index < -0.39 is 0 Å². The largest absolute Gasteiger partial charge is 0.378 e. The maximum Gasteiger partial charge on any atom is 0.0662 e. The van der Waals surface area contributed by atoms with Gasteiger partial charge >= 0.3 is 0 Å². The summed E-state index contributed by atoms with van der Waals surface area (Å²) in [6.07, 6.45) is 0. The van der Waals surface area contributed by atoms with Gasteiger partial charge in [0, 0.05) is 11.0 Å². The number of ether oxygens (including phenoxy) is 1. The molecule has 1 aromatic carbocycles. The van der Waals surface area contributed by atoms with Crippen LogP contribution >= 0.6 is 39.9 Å². The number of nitrogens with one attached hydrogen (secondary N) is 1. The summed E-state index contributed by atoms with van der Waals surface area (Å²) in [5.74, 6) is 0. The van der Waals surface area contributed by atoms with Crippen LogP contribution in [0.15, 0.2) is 22.7 Å². The molecular weight excluding hydrogens is 301 g/mol. The molecule has 84 valence electrons. The number of morpholine rings is 1. The van der Waals surface area contributed by atoms with Crippen molar-refractivity contribution in [3.8, 4) is 0 Å². The highest BCUT2D eigenvalue weighted by Crippen LogP contribution is 2.26. The Kier molecular flexibility index (Phi) is 5.36. The summed E-state index contributed by atoms with van der Waals surface area (Å²) in [5, 5.41) is 4.13. The fraction of sp³-hybridized carbons (Fsp3) is 0.400. The second-order valence-corrected chi connectivity index (χ2v) is 4.52. The molecule has 1 saturated heterocycles. The summed E-state index contributed by atoms with van der Waals surface area (Å²) < 4.78 is 6.33. The molecule has 1 atom stereocenters. The maximum absolute atomic E-state index is 5.92. The van der Waals surface area contributed by atoms with E-state index in [0.717, 1.165) is 29.3 Å². The fourth-order valence-corrected chi connectivity index (χ4v) is 2.02. The Hall–Kier alpha value is 0.200. The van der Waals surface area contributed by atoms with Gasteiger partial charge in [-0.05, 0) is 33.6 Å². The SMILES string of the molecule is Cl.Clc1ccc([C@@H]2COCCN2)cc1Br. The molecule has 0 radical (unpaired) electrons. The smallest absolute Gasteiger partial charge is 0.0662 e. The summed E-state index contributed by atoms with van der Waals surface area (Å²) in [5.41, 5.74) is 1.21. The zero-order chi connectivity index (χ0) is 9.97. The van der Waals surface area contributed by atoms with Crippen molar-refractivity contribution in [2.45, 2.75) is 6.04 Å². The molecule has 1 heterocycles. The van der Waals surface area contributed by atoms with Crippen molar-refractivity contribution in [1.29, 1.82) is 0 Å². The molecule has 0 amide bonds. The molecule has 1 fully saturated rings. The van der Waals surface area contributed by atoms with Crippen LogP contribution in [0, 0.1) is 0 Å². The maximum atomic E-state index is 5.92. The zero-order valence-electron chi connectivity index (χ0n) is 8.00. The summed E-state index contributed by atoms with van der Waals surface area (Å²) >= 11 is 9.33. The van der Waals surface area contributed by atoms with Crippen LogP contribution in [-0.2, 0) is 4.74 Å². The number of benzene rings is 1. The lowest BCUT2D eigenvalue weighted by Crippen LogP contribution is -2.34. The Labute approximate surface area is 109 Å². The molecule has 1 N–H and O–H groups in total. The highest BCUT2D eigenvalue weighted by Gasteiger charge is 2.15. The van der Waals surface area contributed by atoms with E-state index in [4.69, 9.17) is 16.3 Å². The highest BCUT2D eigenvalue weighted by molar-refractivity contribution is 9.10. The van der Waals surface area contributed by atoms with Crippen LogP contribution in [0.25, 0.3) is 0 Å². The normalized spacial score (nSPS) is 20.8. The van der Waals surface area contributed by atoms with Crippen LogP contribution in [0.5, 0.6) is 0 Å². The lowest BCUT2D eigenvalue weighted by atomic mass is 10.1. The second-order valence-electron chi connectivity index (χ2n) is 3.26. The van der Waals surface area contributed by atoms with Gasteiger partial charge in [0.15, 0.2) is 0 Å². The predicted molar refractivity (Wildman–Crippen MR) is 68.0 cm³/mol. The van der Waals surface area contributed by atoms with Gasteiger partial charge in [-0.2, -0.15) is 0 Å². The quantitative estimate of drug-likeness (QED) is 0.860. The van der Waals surface area contributed by atoms with Crippen LogP contribution in [-0.4, -0.2) is 19.8 Å². The molecule has 0 spiro atoms. The van der Waals surface area contributed by atoms with Crippen LogP contribution in [0.1, 0.15) is 11.6 Å². The average Bonchev–Trinajstić information content (AvgIpc) is 2.23. The fourth-order valence-electron chi connectivity index (χ4n) is 1.51. The Bertz CT molecular complexity index is 329. The number of hydrogen-bond donors (Lipinski definition) is 1. The minimum atomic E-state index is 0. The van der Waals surface area contributed by atoms with Gasteiger partial charge < -0.3 is 10.1 Å². The molecule has 5 heteroatoms.